The summed E-state index contributed by atoms with van der Waals surface area (Å²) >= 11 is 4.96. The molecule has 0 amide bonds. The van der Waals surface area contributed by atoms with Crippen LogP contribution < -0.4 is 10.1 Å². The van der Waals surface area contributed by atoms with E-state index >= 15 is 0 Å². The molecule has 0 spiro atoms. The molecular weight excluding hydrogens is 476 g/mol. The van der Waals surface area contributed by atoms with Crippen LogP contribution in [0.25, 0.3) is 22.6 Å². The number of nitrogens with one attached hydrogen (secondary N) is 1. The van der Waals surface area contributed by atoms with Crippen molar-refractivity contribution in [1.82, 2.24) is 15.2 Å². The zero-order valence-electron chi connectivity index (χ0n) is 16.3. The van der Waals surface area contributed by atoms with E-state index in [1.807, 2.05) is 60.7 Å². The van der Waals surface area contributed by atoms with Crippen LogP contribution in [-0.2, 0) is 0 Å². The molecule has 31 heavy (non-hydrogen) atoms. The number of benzene rings is 2. The van der Waals surface area contributed by atoms with Crippen LogP contribution >= 0.6 is 27.7 Å². The van der Waals surface area contributed by atoms with Gasteiger partial charge in [-0.2, -0.15) is 4.98 Å². The van der Waals surface area contributed by atoms with E-state index in [0.29, 0.717) is 28.2 Å². The van der Waals surface area contributed by atoms with Crippen LogP contribution in [0.3, 0.4) is 0 Å². The maximum Gasteiger partial charge on any atom is 0.247 e. The summed E-state index contributed by atoms with van der Waals surface area (Å²) in [6, 6.07) is 19.6. The molecule has 154 valence electrons. The lowest BCUT2D eigenvalue weighted by atomic mass is 10.1. The highest BCUT2D eigenvalue weighted by Gasteiger charge is 2.28. The Morgan fingerprint density at radius 2 is 2.00 bits per heavy atom. The lowest BCUT2D eigenvalue weighted by molar-refractivity contribution is 0.196. The fourth-order valence-electron chi connectivity index (χ4n) is 3.26. The molecule has 1 atom stereocenters. The van der Waals surface area contributed by atoms with E-state index in [1.165, 1.54) is 11.8 Å². The molecule has 2 aromatic heterocycles. The Balaban J connectivity index is 1.54. The second kappa shape index (κ2) is 8.56. The number of rotatable bonds is 5. The van der Waals surface area contributed by atoms with E-state index < -0.39 is 6.23 Å². The van der Waals surface area contributed by atoms with Crippen LogP contribution in [0, 0.1) is 0 Å². The van der Waals surface area contributed by atoms with Crippen LogP contribution in [0.1, 0.15) is 12.0 Å². The highest BCUT2D eigenvalue weighted by Crippen LogP contribution is 2.40. The normalized spacial score (nSPS) is 14.5. The first-order valence-corrected chi connectivity index (χ1v) is 11.4. The van der Waals surface area contributed by atoms with Crippen molar-refractivity contribution >= 4 is 33.4 Å². The number of hydrogen-bond acceptors (Lipinski definition) is 7. The number of nitrogens with zero attached hydrogens (tertiary/aromatic N) is 3. The van der Waals surface area contributed by atoms with Crippen molar-refractivity contribution in [3.63, 3.8) is 0 Å². The number of aromatic nitrogens is 3. The van der Waals surface area contributed by atoms with Gasteiger partial charge in [0.1, 0.15) is 5.76 Å². The molecule has 0 radical (unpaired) electrons. The van der Waals surface area contributed by atoms with Gasteiger partial charge in [0.25, 0.3) is 0 Å². The van der Waals surface area contributed by atoms with Crippen LogP contribution in [0.5, 0.6) is 5.88 Å². The average Bonchev–Trinajstić information content (AvgIpc) is 3.22. The Labute approximate surface area is 191 Å². The first kappa shape index (κ1) is 19.8. The Bertz CT molecular complexity index is 1260. The van der Waals surface area contributed by atoms with Gasteiger partial charge in [-0.15, -0.1) is 16.8 Å². The first-order valence-electron chi connectivity index (χ1n) is 9.58. The summed E-state index contributed by atoms with van der Waals surface area (Å²) in [7, 11) is 0. The standard InChI is InChI=1S/C23H17BrN4O2S/c1-2-12-31-23-26-22-20(27-28-23)16-8-3-4-9-17(16)25-21(30-22)19-11-10-18(29-19)14-6-5-7-15(24)13-14/h2-11,13,21,25H,1,12H2/t21-/m0/s1. The second-order valence-corrected chi connectivity index (χ2v) is 8.65. The minimum atomic E-state index is -0.572. The maximum absolute atomic E-state index is 6.25. The smallest absolute Gasteiger partial charge is 0.247 e. The third-order valence-electron chi connectivity index (χ3n) is 4.66. The predicted octanol–water partition coefficient (Wildman–Crippen LogP) is 6.34. The van der Waals surface area contributed by atoms with E-state index in [2.05, 4.69) is 43.0 Å². The number of ether oxygens (including phenoxy) is 1. The second-order valence-electron chi connectivity index (χ2n) is 6.75. The lowest BCUT2D eigenvalue weighted by Gasteiger charge is -2.16. The first-order chi connectivity index (χ1) is 15.2. The molecule has 2 aromatic carbocycles. The van der Waals surface area contributed by atoms with Crippen molar-refractivity contribution in [2.24, 2.45) is 0 Å². The number of halogens is 1. The van der Waals surface area contributed by atoms with E-state index in [-0.39, 0.29) is 0 Å². The topological polar surface area (TPSA) is 73.1 Å². The molecular formula is C23H17BrN4O2S. The molecule has 4 aromatic rings. The number of thioether (sulfide) groups is 1. The molecule has 0 fully saturated rings. The summed E-state index contributed by atoms with van der Waals surface area (Å²) in [5.74, 6) is 2.48. The van der Waals surface area contributed by atoms with Crippen LogP contribution in [-0.4, -0.2) is 20.9 Å². The summed E-state index contributed by atoms with van der Waals surface area (Å²) in [6.07, 6.45) is 1.23. The van der Waals surface area contributed by atoms with Crippen molar-refractivity contribution in [3.05, 3.63) is 83.6 Å². The van der Waals surface area contributed by atoms with Gasteiger partial charge in [-0.1, -0.05) is 64.1 Å². The van der Waals surface area contributed by atoms with Crippen molar-refractivity contribution in [3.8, 4) is 28.5 Å². The molecule has 6 nitrogen and oxygen atoms in total. The molecule has 0 aliphatic carbocycles. The fraction of sp³-hybridized carbons (Fsp3) is 0.0870. The molecule has 0 saturated carbocycles. The Morgan fingerprint density at radius 3 is 2.87 bits per heavy atom. The van der Waals surface area contributed by atoms with Crippen LogP contribution in [0.15, 0.2) is 87.4 Å². The molecule has 1 aliphatic heterocycles. The number of hydrogen-bond donors (Lipinski definition) is 1. The Morgan fingerprint density at radius 1 is 1.10 bits per heavy atom. The summed E-state index contributed by atoms with van der Waals surface area (Å²) in [4.78, 5) is 4.59. The van der Waals surface area contributed by atoms with Crippen molar-refractivity contribution in [2.75, 3.05) is 11.1 Å². The van der Waals surface area contributed by atoms with Crippen LogP contribution in [0.2, 0.25) is 0 Å². The maximum atomic E-state index is 6.25. The number of furan rings is 1. The monoisotopic (exact) mass is 492 g/mol. The summed E-state index contributed by atoms with van der Waals surface area (Å²) in [6.45, 7) is 3.74. The Hall–Kier alpha value is -3.10. The number of para-hydroxylation sites is 1. The third kappa shape index (κ3) is 4.08. The van der Waals surface area contributed by atoms with E-state index in [1.54, 1.807) is 6.08 Å². The number of anilines is 1. The van der Waals surface area contributed by atoms with Crippen molar-refractivity contribution in [2.45, 2.75) is 11.4 Å². The molecule has 0 saturated heterocycles. The van der Waals surface area contributed by atoms with E-state index in [0.717, 1.165) is 27.0 Å². The van der Waals surface area contributed by atoms with Gasteiger partial charge in [-0.25, -0.2) is 0 Å². The highest BCUT2D eigenvalue weighted by atomic mass is 79.9. The van der Waals surface area contributed by atoms with Gasteiger partial charge in [-0.3, -0.25) is 0 Å². The molecule has 0 bridgehead atoms. The Kier molecular flexibility index (Phi) is 5.48. The van der Waals surface area contributed by atoms with Gasteiger partial charge < -0.3 is 14.5 Å². The van der Waals surface area contributed by atoms with Crippen LogP contribution in [0.4, 0.5) is 5.69 Å². The summed E-state index contributed by atoms with van der Waals surface area (Å²) < 4.78 is 13.4. The molecule has 5 rings (SSSR count). The number of fused-ring (bicyclic) bond motifs is 3. The zero-order chi connectivity index (χ0) is 21.2. The molecule has 1 aliphatic rings. The predicted molar refractivity (Wildman–Crippen MR) is 125 cm³/mol. The molecule has 1 N–H and O–H groups in total. The van der Waals surface area contributed by atoms with E-state index in [4.69, 9.17) is 9.15 Å². The quantitative estimate of drug-likeness (QED) is 0.257. The molecule has 3 heterocycles. The molecule has 0 unspecified atom stereocenters. The van der Waals surface area contributed by atoms with Gasteiger partial charge >= 0.3 is 0 Å². The van der Waals surface area contributed by atoms with Crippen molar-refractivity contribution in [1.29, 1.82) is 0 Å². The highest BCUT2D eigenvalue weighted by molar-refractivity contribution is 9.10. The summed E-state index contributed by atoms with van der Waals surface area (Å²) in [5, 5.41) is 12.6. The fourth-order valence-corrected chi connectivity index (χ4v) is 4.17. The SMILES string of the molecule is C=CCSc1nnc2c(n1)O[C@@H](c1ccc(-c3cccc(Br)c3)o1)Nc1ccccc1-2. The average molecular weight is 493 g/mol. The third-order valence-corrected chi connectivity index (χ3v) is 5.98. The molecule has 8 heteroatoms. The summed E-state index contributed by atoms with van der Waals surface area (Å²) in [5.41, 5.74) is 3.31. The van der Waals surface area contributed by atoms with Gasteiger partial charge in [0.05, 0.1) is 0 Å². The van der Waals surface area contributed by atoms with Gasteiger partial charge in [-0.05, 0) is 30.3 Å². The zero-order valence-corrected chi connectivity index (χ0v) is 18.7. The lowest BCUT2D eigenvalue weighted by Crippen LogP contribution is -2.16. The largest absolute Gasteiger partial charge is 0.455 e. The van der Waals surface area contributed by atoms with Gasteiger partial charge in [0.2, 0.25) is 17.3 Å². The minimum Gasteiger partial charge on any atom is -0.455 e. The van der Waals surface area contributed by atoms with Crippen molar-refractivity contribution < 1.29 is 9.15 Å². The van der Waals surface area contributed by atoms with Gasteiger partial charge in [0.15, 0.2) is 11.5 Å². The van der Waals surface area contributed by atoms with Gasteiger partial charge in [0, 0.05) is 27.0 Å². The minimum absolute atomic E-state index is 0.407. The van der Waals surface area contributed by atoms with E-state index in [9.17, 15) is 0 Å².